The second-order valence-corrected chi connectivity index (χ2v) is 5.00. The highest BCUT2D eigenvalue weighted by Gasteiger charge is 2.19. The highest BCUT2D eigenvalue weighted by molar-refractivity contribution is 5.34. The molecule has 0 saturated carbocycles. The maximum Gasteiger partial charge on any atom is 0.213 e. The van der Waals surface area contributed by atoms with Crippen LogP contribution in [0.5, 0.6) is 5.88 Å². The third kappa shape index (κ3) is 2.67. The minimum absolute atomic E-state index is 0.574. The maximum absolute atomic E-state index is 5.38. The third-order valence-corrected chi connectivity index (χ3v) is 3.72. The van der Waals surface area contributed by atoms with Crippen LogP contribution in [0, 0.1) is 0 Å². The first-order valence-electron chi connectivity index (χ1n) is 7.20. The minimum Gasteiger partial charge on any atom is -0.478 e. The predicted octanol–water partition coefficient (Wildman–Crippen LogP) is 2.13. The quantitative estimate of drug-likeness (QED) is 0.926. The topological polar surface area (TPSA) is 52.0 Å². The zero-order chi connectivity index (χ0) is 13.8. The van der Waals surface area contributed by atoms with Crippen LogP contribution in [0.3, 0.4) is 0 Å². The highest BCUT2D eigenvalue weighted by atomic mass is 16.5. The molecule has 2 aromatic heterocycles. The second-order valence-electron chi connectivity index (χ2n) is 5.00. The van der Waals surface area contributed by atoms with Crippen molar-refractivity contribution < 1.29 is 4.74 Å². The molecule has 20 heavy (non-hydrogen) atoms. The average Bonchev–Trinajstić information content (AvgIpc) is 2.99. The molecular formula is C15H20N4O. The number of imidazole rings is 1. The smallest absolute Gasteiger partial charge is 0.213 e. The van der Waals surface area contributed by atoms with Crippen molar-refractivity contribution >= 4 is 0 Å². The normalized spacial score (nSPS) is 16.2. The van der Waals surface area contributed by atoms with Crippen LogP contribution in [0.4, 0.5) is 0 Å². The van der Waals surface area contributed by atoms with Gasteiger partial charge in [-0.05, 0) is 38.9 Å². The number of rotatable bonds is 4. The van der Waals surface area contributed by atoms with Gasteiger partial charge < -0.3 is 14.6 Å². The molecule has 106 valence electrons. The summed E-state index contributed by atoms with van der Waals surface area (Å²) in [4.78, 5) is 8.64. The number of hydrogen-bond acceptors (Lipinski definition) is 4. The number of nitrogens with one attached hydrogen (secondary N) is 1. The summed E-state index contributed by atoms with van der Waals surface area (Å²) in [5.74, 6) is 1.24. The van der Waals surface area contributed by atoms with Crippen molar-refractivity contribution in [3.8, 4) is 11.6 Å². The molecule has 1 fully saturated rings. The van der Waals surface area contributed by atoms with Crippen LogP contribution < -0.4 is 10.1 Å². The predicted molar refractivity (Wildman–Crippen MR) is 77.4 cm³/mol. The molecule has 1 aliphatic rings. The van der Waals surface area contributed by atoms with E-state index in [1.807, 2.05) is 37.8 Å². The zero-order valence-electron chi connectivity index (χ0n) is 11.7. The van der Waals surface area contributed by atoms with Crippen LogP contribution in [0.2, 0.25) is 0 Å². The summed E-state index contributed by atoms with van der Waals surface area (Å²) in [6.07, 6.45) is 8.02. The van der Waals surface area contributed by atoms with Crippen molar-refractivity contribution in [2.24, 2.45) is 0 Å². The molecule has 0 radical (unpaired) electrons. The molecule has 0 spiro atoms. The maximum atomic E-state index is 5.38. The molecular weight excluding hydrogens is 252 g/mol. The molecule has 3 rings (SSSR count). The van der Waals surface area contributed by atoms with E-state index in [1.165, 1.54) is 5.69 Å². The van der Waals surface area contributed by atoms with Crippen molar-refractivity contribution in [1.29, 1.82) is 0 Å². The molecule has 1 N–H and O–H groups in total. The van der Waals surface area contributed by atoms with Gasteiger partial charge in [0.1, 0.15) is 0 Å². The first-order valence-corrected chi connectivity index (χ1v) is 7.20. The lowest BCUT2D eigenvalue weighted by Crippen LogP contribution is -2.27. The van der Waals surface area contributed by atoms with Crippen LogP contribution in [-0.4, -0.2) is 34.2 Å². The Morgan fingerprint density at radius 1 is 1.30 bits per heavy atom. The molecule has 0 atom stereocenters. The van der Waals surface area contributed by atoms with Crippen LogP contribution in [-0.2, 0) is 0 Å². The Balaban J connectivity index is 1.84. The monoisotopic (exact) mass is 272 g/mol. The molecule has 5 nitrogen and oxygen atoms in total. The Morgan fingerprint density at radius 2 is 2.15 bits per heavy atom. The lowest BCUT2D eigenvalue weighted by atomic mass is 9.95. The van der Waals surface area contributed by atoms with Crippen molar-refractivity contribution in [3.63, 3.8) is 0 Å². The molecule has 0 aliphatic carbocycles. The van der Waals surface area contributed by atoms with Gasteiger partial charge in [-0.1, -0.05) is 0 Å². The van der Waals surface area contributed by atoms with E-state index in [0.29, 0.717) is 18.4 Å². The summed E-state index contributed by atoms with van der Waals surface area (Å²) < 4.78 is 7.52. The van der Waals surface area contributed by atoms with Gasteiger partial charge in [0.15, 0.2) is 0 Å². The summed E-state index contributed by atoms with van der Waals surface area (Å²) >= 11 is 0. The molecule has 1 saturated heterocycles. The first kappa shape index (κ1) is 13.1. The number of pyridine rings is 1. The fourth-order valence-electron chi connectivity index (χ4n) is 2.69. The van der Waals surface area contributed by atoms with Crippen molar-refractivity contribution in [2.75, 3.05) is 19.7 Å². The molecule has 0 amide bonds. The summed E-state index contributed by atoms with van der Waals surface area (Å²) in [5.41, 5.74) is 2.32. The fraction of sp³-hybridized carbons (Fsp3) is 0.467. The van der Waals surface area contributed by atoms with Crippen LogP contribution in [0.25, 0.3) is 5.69 Å². The molecule has 0 aromatic carbocycles. The van der Waals surface area contributed by atoms with Gasteiger partial charge in [0.05, 0.1) is 24.8 Å². The molecule has 5 heteroatoms. The van der Waals surface area contributed by atoms with Gasteiger partial charge in [-0.25, -0.2) is 9.97 Å². The lowest BCUT2D eigenvalue weighted by Gasteiger charge is -2.23. The SMILES string of the molecule is CCOc1ccc(-n2cncc2C2CCNCC2)cn1. The summed E-state index contributed by atoms with van der Waals surface area (Å²) in [7, 11) is 0. The largest absolute Gasteiger partial charge is 0.478 e. The third-order valence-electron chi connectivity index (χ3n) is 3.72. The van der Waals surface area contributed by atoms with Gasteiger partial charge in [-0.15, -0.1) is 0 Å². The van der Waals surface area contributed by atoms with Gasteiger partial charge >= 0.3 is 0 Å². The van der Waals surface area contributed by atoms with Gasteiger partial charge in [0, 0.05) is 23.9 Å². The molecule has 2 aromatic rings. The highest BCUT2D eigenvalue weighted by Crippen LogP contribution is 2.27. The lowest BCUT2D eigenvalue weighted by molar-refractivity contribution is 0.327. The molecule has 3 heterocycles. The molecule has 0 unspecified atom stereocenters. The van der Waals surface area contributed by atoms with Crippen LogP contribution in [0.1, 0.15) is 31.4 Å². The average molecular weight is 272 g/mol. The Morgan fingerprint density at radius 3 is 2.85 bits per heavy atom. The number of ether oxygens (including phenoxy) is 1. The number of hydrogen-bond donors (Lipinski definition) is 1. The van der Waals surface area contributed by atoms with Crippen molar-refractivity contribution in [2.45, 2.75) is 25.7 Å². The molecule has 0 bridgehead atoms. The first-order chi connectivity index (χ1) is 9.88. The van der Waals surface area contributed by atoms with E-state index in [2.05, 4.69) is 19.9 Å². The van der Waals surface area contributed by atoms with Crippen LogP contribution >= 0.6 is 0 Å². The van der Waals surface area contributed by atoms with E-state index >= 15 is 0 Å². The summed E-state index contributed by atoms with van der Waals surface area (Å²) in [6.45, 7) is 4.76. The van der Waals surface area contributed by atoms with E-state index in [-0.39, 0.29) is 0 Å². The Kier molecular flexibility index (Phi) is 3.97. The van der Waals surface area contributed by atoms with Gasteiger partial charge in [-0.3, -0.25) is 0 Å². The Hall–Kier alpha value is -1.88. The van der Waals surface area contributed by atoms with Gasteiger partial charge in [-0.2, -0.15) is 0 Å². The van der Waals surface area contributed by atoms with E-state index in [1.54, 1.807) is 0 Å². The summed E-state index contributed by atoms with van der Waals surface area (Å²) in [5, 5.41) is 3.40. The van der Waals surface area contributed by atoms with E-state index in [9.17, 15) is 0 Å². The van der Waals surface area contributed by atoms with E-state index in [4.69, 9.17) is 4.74 Å². The summed E-state index contributed by atoms with van der Waals surface area (Å²) in [6, 6.07) is 3.94. The van der Waals surface area contributed by atoms with Gasteiger partial charge in [0.25, 0.3) is 0 Å². The molecule has 1 aliphatic heterocycles. The van der Waals surface area contributed by atoms with E-state index in [0.717, 1.165) is 31.6 Å². The zero-order valence-corrected chi connectivity index (χ0v) is 11.7. The fourth-order valence-corrected chi connectivity index (χ4v) is 2.69. The Bertz CT molecular complexity index is 543. The standard InChI is InChI=1S/C15H20N4O/c1-2-20-15-4-3-13(9-18-15)19-11-17-10-14(19)12-5-7-16-8-6-12/h3-4,9-12,16H,2,5-8H2,1H3. The number of aromatic nitrogens is 3. The van der Waals surface area contributed by atoms with Crippen molar-refractivity contribution in [3.05, 3.63) is 36.5 Å². The number of nitrogens with zero attached hydrogens (tertiary/aromatic N) is 3. The van der Waals surface area contributed by atoms with Gasteiger partial charge in [0.2, 0.25) is 5.88 Å². The minimum atomic E-state index is 0.574. The number of piperidine rings is 1. The van der Waals surface area contributed by atoms with Crippen LogP contribution in [0.15, 0.2) is 30.9 Å². The second kappa shape index (κ2) is 6.05. The van der Waals surface area contributed by atoms with E-state index < -0.39 is 0 Å². The van der Waals surface area contributed by atoms with Crippen molar-refractivity contribution in [1.82, 2.24) is 19.9 Å². The Labute approximate surface area is 119 Å².